The van der Waals surface area contributed by atoms with E-state index in [1.165, 1.54) is 10.4 Å². The number of aliphatic imine (C=N–C) groups is 1. The lowest BCUT2D eigenvalue weighted by Crippen LogP contribution is -2.39. The zero-order valence-corrected chi connectivity index (χ0v) is 21.2. The maximum Gasteiger partial charge on any atom is 0.226 e. The first kappa shape index (κ1) is 23.7. The number of aromatic nitrogens is 2. The van der Waals surface area contributed by atoms with E-state index in [0.717, 1.165) is 51.4 Å². The molecule has 2 N–H and O–H groups in total. The van der Waals surface area contributed by atoms with Crippen LogP contribution in [-0.2, 0) is 24.2 Å². The number of carbonyl (C=O) groups is 1. The van der Waals surface area contributed by atoms with E-state index in [1.807, 2.05) is 27.0 Å². The second-order valence-electron chi connectivity index (χ2n) is 9.30. The number of aliphatic hydroxyl groups excluding tert-OH is 1. The minimum absolute atomic E-state index is 0.0118. The van der Waals surface area contributed by atoms with Crippen molar-refractivity contribution in [2.45, 2.75) is 52.7 Å². The Morgan fingerprint density at radius 3 is 2.97 bits per heavy atom. The number of anilines is 2. The maximum atomic E-state index is 13.0. The van der Waals surface area contributed by atoms with E-state index >= 15 is 0 Å². The fourth-order valence-corrected chi connectivity index (χ4v) is 6.20. The lowest BCUT2D eigenvalue weighted by Gasteiger charge is -2.28. The lowest BCUT2D eigenvalue weighted by molar-refractivity contribution is -0.136. The molecule has 9 heteroatoms. The standard InChI is InChI=1S/C26H31N5O3S/c1-4-31(7-8-32)26(33)16-5-6-19-22(11-16)35-25-23(19)24(28-14-29-25)30-20-9-17-12-27-13-18(17)10-21(20)34-15(2)3/h9-10,12,14-16,32H,4-8,11,13H2,1-3H3,(H,28,29,30). The van der Waals surface area contributed by atoms with Gasteiger partial charge in [-0.1, -0.05) is 0 Å². The highest BCUT2D eigenvalue weighted by atomic mass is 32.1. The lowest BCUT2D eigenvalue weighted by atomic mass is 9.87. The summed E-state index contributed by atoms with van der Waals surface area (Å²) in [6, 6.07) is 4.14. The van der Waals surface area contributed by atoms with Gasteiger partial charge in [0, 0.05) is 30.1 Å². The topological polar surface area (TPSA) is 99.9 Å². The minimum Gasteiger partial charge on any atom is -0.489 e. The van der Waals surface area contributed by atoms with Gasteiger partial charge >= 0.3 is 0 Å². The molecule has 1 unspecified atom stereocenters. The van der Waals surface area contributed by atoms with Gasteiger partial charge in [-0.25, -0.2) is 9.97 Å². The summed E-state index contributed by atoms with van der Waals surface area (Å²) < 4.78 is 6.12. The number of thiophene rings is 1. The van der Waals surface area contributed by atoms with Crippen LogP contribution in [0.25, 0.3) is 10.2 Å². The van der Waals surface area contributed by atoms with Crippen molar-refractivity contribution in [1.29, 1.82) is 0 Å². The number of aliphatic hydroxyl groups is 1. The van der Waals surface area contributed by atoms with Crippen molar-refractivity contribution in [3.63, 3.8) is 0 Å². The Labute approximate surface area is 209 Å². The molecule has 0 radical (unpaired) electrons. The normalized spacial score (nSPS) is 16.4. The monoisotopic (exact) mass is 493 g/mol. The molecule has 0 saturated heterocycles. The van der Waals surface area contributed by atoms with E-state index in [1.54, 1.807) is 22.6 Å². The highest BCUT2D eigenvalue weighted by Gasteiger charge is 2.31. The number of likely N-dealkylation sites (N-methyl/N-ethyl adjacent to an activating group) is 1. The van der Waals surface area contributed by atoms with Crippen LogP contribution < -0.4 is 10.1 Å². The van der Waals surface area contributed by atoms with Gasteiger partial charge in [0.25, 0.3) is 0 Å². The van der Waals surface area contributed by atoms with E-state index < -0.39 is 0 Å². The van der Waals surface area contributed by atoms with Crippen LogP contribution in [0.5, 0.6) is 5.75 Å². The summed E-state index contributed by atoms with van der Waals surface area (Å²) in [4.78, 5) is 30.5. The van der Waals surface area contributed by atoms with Crippen LogP contribution in [-0.4, -0.2) is 57.9 Å². The highest BCUT2D eigenvalue weighted by Crippen LogP contribution is 2.42. The average Bonchev–Trinajstić information content (AvgIpc) is 3.45. The van der Waals surface area contributed by atoms with Crippen LogP contribution in [0.15, 0.2) is 23.5 Å². The summed E-state index contributed by atoms with van der Waals surface area (Å²) in [5.74, 6) is 1.61. The number of hydrogen-bond acceptors (Lipinski definition) is 8. The first-order valence-corrected chi connectivity index (χ1v) is 13.1. The smallest absolute Gasteiger partial charge is 0.226 e. The summed E-state index contributed by atoms with van der Waals surface area (Å²) in [5, 5.41) is 13.9. The molecule has 2 aromatic heterocycles. The Balaban J connectivity index is 1.47. The molecule has 1 aromatic carbocycles. The Bertz CT molecular complexity index is 1290. The zero-order valence-electron chi connectivity index (χ0n) is 20.4. The SMILES string of the molecule is CCN(CCO)C(=O)C1CCc2c(sc3ncnc(Nc4cc5c(cc4OC(C)C)CN=C5)c23)C1. The molecule has 3 heterocycles. The molecule has 1 aliphatic carbocycles. The summed E-state index contributed by atoms with van der Waals surface area (Å²) in [7, 11) is 0. The molecule has 2 aliphatic rings. The predicted molar refractivity (Wildman–Crippen MR) is 139 cm³/mol. The summed E-state index contributed by atoms with van der Waals surface area (Å²) in [6.45, 7) is 7.65. The molecule has 184 valence electrons. The van der Waals surface area contributed by atoms with Gasteiger partial charge in [-0.3, -0.25) is 9.79 Å². The Morgan fingerprint density at radius 1 is 1.34 bits per heavy atom. The van der Waals surface area contributed by atoms with Crippen LogP contribution in [0.4, 0.5) is 11.5 Å². The molecule has 5 rings (SSSR count). The summed E-state index contributed by atoms with van der Waals surface area (Å²) in [6.07, 6.45) is 5.82. The van der Waals surface area contributed by atoms with Crippen LogP contribution in [0.2, 0.25) is 0 Å². The van der Waals surface area contributed by atoms with Crippen LogP contribution in [0.3, 0.4) is 0 Å². The molecule has 1 amide bonds. The molecular weight excluding hydrogens is 462 g/mol. The zero-order chi connectivity index (χ0) is 24.5. The van der Waals surface area contributed by atoms with Crippen molar-refractivity contribution in [3.05, 3.63) is 40.0 Å². The largest absolute Gasteiger partial charge is 0.489 e. The second kappa shape index (κ2) is 9.91. The van der Waals surface area contributed by atoms with Crippen molar-refractivity contribution in [1.82, 2.24) is 14.9 Å². The van der Waals surface area contributed by atoms with Crippen molar-refractivity contribution >= 4 is 45.2 Å². The molecule has 35 heavy (non-hydrogen) atoms. The Morgan fingerprint density at radius 2 is 2.20 bits per heavy atom. The first-order valence-electron chi connectivity index (χ1n) is 12.2. The van der Waals surface area contributed by atoms with E-state index in [9.17, 15) is 9.90 Å². The van der Waals surface area contributed by atoms with Gasteiger partial charge in [-0.15, -0.1) is 11.3 Å². The fourth-order valence-electron chi connectivity index (χ4n) is 4.93. The molecule has 8 nitrogen and oxygen atoms in total. The molecular formula is C26H31N5O3S. The third kappa shape index (κ3) is 4.62. The molecule has 1 atom stereocenters. The minimum atomic E-state index is -0.0616. The van der Waals surface area contributed by atoms with Crippen LogP contribution >= 0.6 is 11.3 Å². The van der Waals surface area contributed by atoms with Gasteiger partial charge in [0.1, 0.15) is 22.7 Å². The maximum absolute atomic E-state index is 13.0. The van der Waals surface area contributed by atoms with Gasteiger partial charge < -0.3 is 20.1 Å². The third-order valence-corrected chi connectivity index (χ3v) is 7.77. The van der Waals surface area contributed by atoms with Gasteiger partial charge in [-0.2, -0.15) is 0 Å². The van der Waals surface area contributed by atoms with Crippen molar-refractivity contribution in [2.75, 3.05) is 25.0 Å². The van der Waals surface area contributed by atoms with E-state index in [4.69, 9.17) is 4.74 Å². The number of hydrogen-bond donors (Lipinski definition) is 2. The number of aryl methyl sites for hydroxylation is 1. The number of rotatable bonds is 8. The van der Waals surface area contributed by atoms with E-state index in [-0.39, 0.29) is 24.5 Å². The summed E-state index contributed by atoms with van der Waals surface area (Å²) >= 11 is 1.65. The van der Waals surface area contributed by atoms with E-state index in [0.29, 0.717) is 26.1 Å². The number of ether oxygens (including phenoxy) is 1. The summed E-state index contributed by atoms with van der Waals surface area (Å²) in [5.41, 5.74) is 4.34. The number of carbonyl (C=O) groups excluding carboxylic acids is 1. The van der Waals surface area contributed by atoms with E-state index in [2.05, 4.69) is 32.4 Å². The first-order chi connectivity index (χ1) is 17.0. The number of benzene rings is 1. The van der Waals surface area contributed by atoms with Crippen LogP contribution in [0, 0.1) is 5.92 Å². The molecule has 0 saturated carbocycles. The number of nitrogens with zero attached hydrogens (tertiary/aromatic N) is 4. The quantitative estimate of drug-likeness (QED) is 0.490. The second-order valence-corrected chi connectivity index (χ2v) is 10.4. The predicted octanol–water partition coefficient (Wildman–Crippen LogP) is 4.10. The van der Waals surface area contributed by atoms with Crippen molar-refractivity contribution in [2.24, 2.45) is 10.9 Å². The molecule has 0 fully saturated rings. The van der Waals surface area contributed by atoms with Crippen LogP contribution in [0.1, 0.15) is 48.8 Å². The molecule has 0 bridgehead atoms. The van der Waals surface area contributed by atoms with Crippen molar-refractivity contribution < 1.29 is 14.6 Å². The average molecular weight is 494 g/mol. The van der Waals surface area contributed by atoms with Crippen molar-refractivity contribution in [3.8, 4) is 5.75 Å². The Kier molecular flexibility index (Phi) is 6.71. The van der Waals surface area contributed by atoms with Gasteiger partial charge in [0.2, 0.25) is 5.91 Å². The number of fused-ring (bicyclic) bond motifs is 4. The van der Waals surface area contributed by atoms with Gasteiger partial charge in [0.15, 0.2) is 0 Å². The molecule has 3 aromatic rings. The molecule has 0 spiro atoms. The van der Waals surface area contributed by atoms with Gasteiger partial charge in [0.05, 0.1) is 30.3 Å². The third-order valence-electron chi connectivity index (χ3n) is 6.61. The highest BCUT2D eigenvalue weighted by molar-refractivity contribution is 7.19. The fraction of sp³-hybridized carbons (Fsp3) is 0.462. The van der Waals surface area contributed by atoms with Gasteiger partial charge in [-0.05, 0) is 68.9 Å². The number of amides is 1. The Hall–Kier alpha value is -3.04. The number of nitrogens with one attached hydrogen (secondary N) is 1. The molecule has 1 aliphatic heterocycles.